The fourth-order valence-electron chi connectivity index (χ4n) is 1.18. The predicted octanol–water partition coefficient (Wildman–Crippen LogP) is 2.12. The van der Waals surface area contributed by atoms with Crippen molar-refractivity contribution in [2.24, 2.45) is 4.99 Å². The van der Waals surface area contributed by atoms with Gasteiger partial charge in [0.25, 0.3) is 5.91 Å². The molecule has 1 heterocycles. The third-order valence-electron chi connectivity index (χ3n) is 1.91. The van der Waals surface area contributed by atoms with Crippen LogP contribution in [0, 0.1) is 3.57 Å². The quantitative estimate of drug-likeness (QED) is 0.801. The molecule has 1 aromatic rings. The summed E-state index contributed by atoms with van der Waals surface area (Å²) >= 11 is 3.80. The highest BCUT2D eigenvalue weighted by Gasteiger charge is 2.11. The highest BCUT2D eigenvalue weighted by molar-refractivity contribution is 14.1. The molecule has 0 radical (unpaired) electrons. The summed E-state index contributed by atoms with van der Waals surface area (Å²) in [6.45, 7) is 0.799. The van der Waals surface area contributed by atoms with E-state index in [1.54, 1.807) is 11.8 Å². The molecule has 1 N–H and O–H groups in total. The van der Waals surface area contributed by atoms with Crippen LogP contribution >= 0.6 is 34.4 Å². The van der Waals surface area contributed by atoms with E-state index in [-0.39, 0.29) is 5.91 Å². The minimum Gasteiger partial charge on any atom is -0.301 e. The smallest absolute Gasteiger partial charge is 0.257 e. The van der Waals surface area contributed by atoms with Crippen LogP contribution in [0.5, 0.6) is 0 Å². The van der Waals surface area contributed by atoms with Gasteiger partial charge in [-0.1, -0.05) is 11.8 Å². The topological polar surface area (TPSA) is 41.5 Å². The van der Waals surface area contributed by atoms with Gasteiger partial charge in [0.1, 0.15) is 0 Å². The molecule has 0 saturated heterocycles. The summed E-state index contributed by atoms with van der Waals surface area (Å²) in [6.07, 6.45) is 0. The molecule has 1 amide bonds. The standard InChI is InChI=1S/C10H9IN2OS/c11-8-3-1-7(2-4-8)9(14)13-10-12-5-6-15-10/h1-4H,5-6H2,(H,12,13,14). The van der Waals surface area contributed by atoms with Crippen molar-refractivity contribution in [3.8, 4) is 0 Å². The van der Waals surface area contributed by atoms with E-state index in [1.165, 1.54) is 0 Å². The van der Waals surface area contributed by atoms with Crippen molar-refractivity contribution in [2.45, 2.75) is 0 Å². The van der Waals surface area contributed by atoms with E-state index >= 15 is 0 Å². The highest BCUT2D eigenvalue weighted by Crippen LogP contribution is 2.11. The first-order chi connectivity index (χ1) is 7.25. The number of aliphatic imine (C=N–C) groups is 1. The Bertz CT molecular complexity index is 402. The molecule has 1 aliphatic heterocycles. The van der Waals surface area contributed by atoms with Gasteiger partial charge in [0.15, 0.2) is 5.17 Å². The van der Waals surface area contributed by atoms with Gasteiger partial charge in [0, 0.05) is 14.9 Å². The van der Waals surface area contributed by atoms with E-state index in [0.717, 1.165) is 21.0 Å². The van der Waals surface area contributed by atoms with Crippen LogP contribution in [-0.4, -0.2) is 23.4 Å². The minimum absolute atomic E-state index is 0.0837. The number of benzene rings is 1. The summed E-state index contributed by atoms with van der Waals surface area (Å²) in [5, 5.41) is 3.52. The lowest BCUT2D eigenvalue weighted by Crippen LogP contribution is -2.27. The first-order valence-corrected chi connectivity index (χ1v) is 6.56. The van der Waals surface area contributed by atoms with Crippen LogP contribution in [0.2, 0.25) is 0 Å². The number of rotatable bonds is 1. The van der Waals surface area contributed by atoms with Crippen molar-refractivity contribution < 1.29 is 4.79 Å². The van der Waals surface area contributed by atoms with Gasteiger partial charge in [-0.05, 0) is 46.9 Å². The van der Waals surface area contributed by atoms with Gasteiger partial charge >= 0.3 is 0 Å². The van der Waals surface area contributed by atoms with E-state index < -0.39 is 0 Å². The van der Waals surface area contributed by atoms with Gasteiger partial charge in [-0.3, -0.25) is 9.79 Å². The van der Waals surface area contributed by atoms with Crippen LogP contribution in [-0.2, 0) is 0 Å². The third kappa shape index (κ3) is 2.94. The summed E-state index contributed by atoms with van der Waals surface area (Å²) in [7, 11) is 0. The van der Waals surface area contributed by atoms with E-state index in [4.69, 9.17) is 0 Å². The molecular weight excluding hydrogens is 323 g/mol. The molecule has 1 aromatic carbocycles. The molecule has 0 spiro atoms. The molecule has 2 rings (SSSR count). The molecule has 3 nitrogen and oxygen atoms in total. The van der Waals surface area contributed by atoms with E-state index in [9.17, 15) is 4.79 Å². The van der Waals surface area contributed by atoms with Crippen LogP contribution in [0.3, 0.4) is 0 Å². The minimum atomic E-state index is -0.0837. The molecule has 15 heavy (non-hydrogen) atoms. The predicted molar refractivity (Wildman–Crippen MR) is 71.4 cm³/mol. The zero-order chi connectivity index (χ0) is 10.7. The monoisotopic (exact) mass is 332 g/mol. The Morgan fingerprint density at radius 3 is 2.73 bits per heavy atom. The summed E-state index contributed by atoms with van der Waals surface area (Å²) in [6, 6.07) is 7.46. The van der Waals surface area contributed by atoms with Gasteiger partial charge in [0.05, 0.1) is 6.54 Å². The Labute approximate surface area is 106 Å². The van der Waals surface area contributed by atoms with Gasteiger partial charge in [-0.25, -0.2) is 0 Å². The second-order valence-electron chi connectivity index (χ2n) is 3.00. The molecule has 0 fully saturated rings. The van der Waals surface area contributed by atoms with Crippen LogP contribution in [0.15, 0.2) is 29.3 Å². The summed E-state index contributed by atoms with van der Waals surface area (Å²) in [5.41, 5.74) is 0.672. The maximum atomic E-state index is 11.7. The zero-order valence-corrected chi connectivity index (χ0v) is 10.8. The molecule has 0 aliphatic carbocycles. The average Bonchev–Trinajstić information content (AvgIpc) is 2.71. The fourth-order valence-corrected chi connectivity index (χ4v) is 2.26. The Morgan fingerprint density at radius 2 is 2.13 bits per heavy atom. The fraction of sp³-hybridized carbons (Fsp3) is 0.200. The average molecular weight is 332 g/mol. The van der Waals surface area contributed by atoms with Gasteiger partial charge in [-0.2, -0.15) is 0 Å². The number of halogens is 1. The maximum Gasteiger partial charge on any atom is 0.257 e. The van der Waals surface area contributed by atoms with Crippen molar-refractivity contribution in [1.29, 1.82) is 0 Å². The molecular formula is C10H9IN2OS. The van der Waals surface area contributed by atoms with Crippen molar-refractivity contribution in [3.05, 3.63) is 33.4 Å². The number of thioether (sulfide) groups is 1. The third-order valence-corrected chi connectivity index (χ3v) is 3.52. The van der Waals surface area contributed by atoms with Gasteiger partial charge < -0.3 is 5.32 Å². The first kappa shape index (κ1) is 10.9. The Morgan fingerprint density at radius 1 is 1.40 bits per heavy atom. The number of hydrogen-bond donors (Lipinski definition) is 1. The number of hydrogen-bond acceptors (Lipinski definition) is 3. The number of amidine groups is 1. The zero-order valence-electron chi connectivity index (χ0n) is 7.87. The van der Waals surface area contributed by atoms with Crippen molar-refractivity contribution in [2.75, 3.05) is 12.3 Å². The lowest BCUT2D eigenvalue weighted by Gasteiger charge is -2.03. The van der Waals surface area contributed by atoms with Crippen molar-refractivity contribution in [1.82, 2.24) is 5.32 Å². The number of nitrogens with one attached hydrogen (secondary N) is 1. The summed E-state index contributed by atoms with van der Waals surface area (Å²) in [5.74, 6) is 0.877. The highest BCUT2D eigenvalue weighted by atomic mass is 127. The second kappa shape index (κ2) is 4.98. The number of nitrogens with zero attached hydrogens (tertiary/aromatic N) is 1. The number of carbonyl (C=O) groups is 1. The van der Waals surface area contributed by atoms with Crippen LogP contribution in [0.4, 0.5) is 0 Å². The summed E-state index contributed by atoms with van der Waals surface area (Å²) < 4.78 is 1.12. The largest absolute Gasteiger partial charge is 0.301 e. The van der Waals surface area contributed by atoms with Crippen LogP contribution in [0.1, 0.15) is 10.4 Å². The second-order valence-corrected chi connectivity index (χ2v) is 5.33. The molecule has 5 heteroatoms. The molecule has 1 aliphatic rings. The Balaban J connectivity index is 2.04. The first-order valence-electron chi connectivity index (χ1n) is 4.50. The SMILES string of the molecule is O=C(NC1=NCCS1)c1ccc(I)cc1. The van der Waals surface area contributed by atoms with Crippen molar-refractivity contribution in [3.63, 3.8) is 0 Å². The Kier molecular flexibility index (Phi) is 3.63. The molecule has 0 atom stereocenters. The van der Waals surface area contributed by atoms with Crippen LogP contribution < -0.4 is 5.32 Å². The van der Waals surface area contributed by atoms with Gasteiger partial charge in [0.2, 0.25) is 0 Å². The Hall–Kier alpha value is -0.560. The maximum absolute atomic E-state index is 11.7. The molecule has 0 unspecified atom stereocenters. The number of carbonyl (C=O) groups excluding carboxylic acids is 1. The van der Waals surface area contributed by atoms with Gasteiger partial charge in [-0.15, -0.1) is 0 Å². The van der Waals surface area contributed by atoms with E-state index in [1.807, 2.05) is 24.3 Å². The van der Waals surface area contributed by atoms with E-state index in [2.05, 4.69) is 32.9 Å². The molecule has 0 saturated carbocycles. The van der Waals surface area contributed by atoms with Crippen molar-refractivity contribution >= 4 is 45.4 Å². The normalized spacial score (nSPS) is 14.9. The lowest BCUT2D eigenvalue weighted by molar-refractivity contribution is 0.0978. The lowest BCUT2D eigenvalue weighted by atomic mass is 10.2. The van der Waals surface area contributed by atoms with E-state index in [0.29, 0.717) is 5.56 Å². The molecule has 0 bridgehead atoms. The number of amides is 1. The molecule has 78 valence electrons. The molecule has 0 aromatic heterocycles. The summed E-state index contributed by atoms with van der Waals surface area (Å²) in [4.78, 5) is 15.9. The van der Waals surface area contributed by atoms with Crippen LogP contribution in [0.25, 0.3) is 0 Å².